The minimum absolute atomic E-state index is 0.273. The normalized spacial score (nSPS) is 19.1. The smallest absolute Gasteiger partial charge is 0.303 e. The van der Waals surface area contributed by atoms with Crippen LogP contribution in [0.2, 0.25) is 0 Å². The lowest BCUT2D eigenvalue weighted by Gasteiger charge is -2.29. The van der Waals surface area contributed by atoms with Gasteiger partial charge in [-0.15, -0.1) is 12.3 Å². The molecule has 3 nitrogen and oxygen atoms in total. The van der Waals surface area contributed by atoms with Crippen LogP contribution in [0.25, 0.3) is 0 Å². The zero-order chi connectivity index (χ0) is 10.4. The summed E-state index contributed by atoms with van der Waals surface area (Å²) in [6, 6.07) is 0. The van der Waals surface area contributed by atoms with Gasteiger partial charge in [0, 0.05) is 12.3 Å². The molecule has 0 radical (unpaired) electrons. The first kappa shape index (κ1) is 11.1. The molecule has 0 aliphatic carbocycles. The molecule has 0 spiro atoms. The summed E-state index contributed by atoms with van der Waals surface area (Å²) in [6.07, 6.45) is 8.48. The highest BCUT2D eigenvalue weighted by atomic mass is 16.4. The van der Waals surface area contributed by atoms with E-state index in [0.29, 0.717) is 5.92 Å². The quantitative estimate of drug-likeness (QED) is 0.685. The lowest BCUT2D eigenvalue weighted by Crippen LogP contribution is -2.34. The third kappa shape index (κ3) is 3.80. The average molecular weight is 195 g/mol. The number of carboxylic acids is 1. The summed E-state index contributed by atoms with van der Waals surface area (Å²) in [5.74, 6) is 2.51. The van der Waals surface area contributed by atoms with Crippen molar-refractivity contribution < 1.29 is 9.90 Å². The van der Waals surface area contributed by atoms with Gasteiger partial charge in [0.05, 0.1) is 0 Å². The summed E-state index contributed by atoms with van der Waals surface area (Å²) < 4.78 is 0. The lowest BCUT2D eigenvalue weighted by molar-refractivity contribution is -0.137. The number of hydrogen-bond donors (Lipinski definition) is 1. The van der Waals surface area contributed by atoms with E-state index < -0.39 is 5.97 Å². The molecule has 0 aromatic carbocycles. The van der Waals surface area contributed by atoms with Crippen molar-refractivity contribution >= 4 is 5.97 Å². The van der Waals surface area contributed by atoms with Gasteiger partial charge in [-0.2, -0.15) is 0 Å². The molecular formula is C11H17NO2. The van der Waals surface area contributed by atoms with Crippen LogP contribution in [-0.2, 0) is 4.79 Å². The van der Waals surface area contributed by atoms with Gasteiger partial charge in [-0.3, -0.25) is 4.79 Å². The number of carboxylic acid groups (broad SMARTS) is 1. The first-order chi connectivity index (χ1) is 6.72. The molecule has 1 N–H and O–H groups in total. The molecular weight excluding hydrogens is 178 g/mol. The molecule has 1 rings (SSSR count). The predicted molar refractivity (Wildman–Crippen MR) is 54.9 cm³/mol. The van der Waals surface area contributed by atoms with Crippen molar-refractivity contribution in [3.05, 3.63) is 0 Å². The van der Waals surface area contributed by atoms with Crippen LogP contribution in [-0.4, -0.2) is 35.6 Å². The number of carbonyl (C=O) groups is 1. The highest BCUT2D eigenvalue weighted by Gasteiger charge is 2.16. The molecule has 0 atom stereocenters. The Morgan fingerprint density at radius 1 is 1.50 bits per heavy atom. The monoisotopic (exact) mass is 195 g/mol. The van der Waals surface area contributed by atoms with Crippen molar-refractivity contribution in [3.8, 4) is 12.3 Å². The van der Waals surface area contributed by atoms with Gasteiger partial charge in [0.25, 0.3) is 0 Å². The van der Waals surface area contributed by atoms with Gasteiger partial charge in [0.2, 0.25) is 0 Å². The summed E-state index contributed by atoms with van der Waals surface area (Å²) in [6.45, 7) is 2.94. The van der Waals surface area contributed by atoms with E-state index in [9.17, 15) is 4.79 Å². The van der Waals surface area contributed by atoms with E-state index in [2.05, 4.69) is 10.8 Å². The highest BCUT2D eigenvalue weighted by molar-refractivity contribution is 5.66. The number of nitrogens with zero attached hydrogens (tertiary/aromatic N) is 1. The van der Waals surface area contributed by atoms with Gasteiger partial charge in [0.1, 0.15) is 0 Å². The second-order valence-electron chi connectivity index (χ2n) is 3.78. The van der Waals surface area contributed by atoms with Crippen LogP contribution < -0.4 is 0 Å². The fourth-order valence-electron chi connectivity index (χ4n) is 1.78. The van der Waals surface area contributed by atoms with Crippen molar-refractivity contribution in [3.63, 3.8) is 0 Å². The Hall–Kier alpha value is -1.01. The minimum Gasteiger partial charge on any atom is -0.481 e. The van der Waals surface area contributed by atoms with Crippen LogP contribution in [0.5, 0.6) is 0 Å². The van der Waals surface area contributed by atoms with E-state index in [0.717, 1.165) is 38.9 Å². The van der Waals surface area contributed by atoms with E-state index in [-0.39, 0.29) is 6.42 Å². The van der Waals surface area contributed by atoms with Crippen molar-refractivity contribution in [2.45, 2.75) is 25.7 Å². The average Bonchev–Trinajstić information content (AvgIpc) is 2.18. The molecule has 0 aromatic rings. The Labute approximate surface area is 85.1 Å². The van der Waals surface area contributed by atoms with Crippen LogP contribution in [0.15, 0.2) is 0 Å². The van der Waals surface area contributed by atoms with Crippen LogP contribution in [0, 0.1) is 18.3 Å². The maximum atomic E-state index is 10.3. The summed E-state index contributed by atoms with van der Waals surface area (Å²) in [4.78, 5) is 12.6. The van der Waals surface area contributed by atoms with Crippen LogP contribution in [0.4, 0.5) is 0 Å². The molecule has 0 aromatic heterocycles. The lowest BCUT2D eigenvalue weighted by atomic mass is 9.98. The number of piperidine rings is 1. The van der Waals surface area contributed by atoms with E-state index in [1.807, 2.05) is 0 Å². The van der Waals surface area contributed by atoms with Gasteiger partial charge in [0.15, 0.2) is 0 Å². The molecule has 14 heavy (non-hydrogen) atoms. The molecule has 0 saturated carbocycles. The summed E-state index contributed by atoms with van der Waals surface area (Å²) in [7, 11) is 0. The maximum Gasteiger partial charge on any atom is 0.303 e. The molecule has 0 unspecified atom stereocenters. The summed E-state index contributed by atoms with van der Waals surface area (Å²) >= 11 is 0. The Bertz CT molecular complexity index is 224. The largest absolute Gasteiger partial charge is 0.481 e. The van der Waals surface area contributed by atoms with E-state index in [4.69, 9.17) is 11.5 Å². The SMILES string of the molecule is C#CC1CCN(CCCC(=O)O)CC1. The molecule has 3 heteroatoms. The molecule has 0 amide bonds. The topological polar surface area (TPSA) is 40.5 Å². The molecule has 0 bridgehead atoms. The second kappa shape index (κ2) is 5.66. The van der Waals surface area contributed by atoms with E-state index >= 15 is 0 Å². The Morgan fingerprint density at radius 2 is 2.14 bits per heavy atom. The van der Waals surface area contributed by atoms with Gasteiger partial charge in [-0.05, 0) is 38.9 Å². The molecule has 78 valence electrons. The third-order valence-electron chi connectivity index (χ3n) is 2.69. The predicted octanol–water partition coefficient (Wildman–Crippen LogP) is 1.20. The first-order valence-corrected chi connectivity index (χ1v) is 5.12. The van der Waals surface area contributed by atoms with E-state index in [1.54, 1.807) is 0 Å². The fourth-order valence-corrected chi connectivity index (χ4v) is 1.78. The van der Waals surface area contributed by atoms with Gasteiger partial charge in [-0.25, -0.2) is 0 Å². The maximum absolute atomic E-state index is 10.3. The van der Waals surface area contributed by atoms with Crippen molar-refractivity contribution in [2.24, 2.45) is 5.92 Å². The molecule has 1 fully saturated rings. The van der Waals surface area contributed by atoms with Crippen molar-refractivity contribution in [1.82, 2.24) is 4.90 Å². The molecule has 1 heterocycles. The minimum atomic E-state index is -0.705. The summed E-state index contributed by atoms with van der Waals surface area (Å²) in [5, 5.41) is 8.48. The number of rotatable bonds is 4. The van der Waals surface area contributed by atoms with Crippen molar-refractivity contribution in [2.75, 3.05) is 19.6 Å². The fraction of sp³-hybridized carbons (Fsp3) is 0.727. The third-order valence-corrected chi connectivity index (χ3v) is 2.69. The second-order valence-corrected chi connectivity index (χ2v) is 3.78. The number of likely N-dealkylation sites (tertiary alicyclic amines) is 1. The van der Waals surface area contributed by atoms with Crippen LogP contribution in [0.3, 0.4) is 0 Å². The molecule has 1 aliphatic rings. The van der Waals surface area contributed by atoms with Crippen molar-refractivity contribution in [1.29, 1.82) is 0 Å². The molecule has 1 aliphatic heterocycles. The van der Waals surface area contributed by atoms with E-state index in [1.165, 1.54) is 0 Å². The number of aliphatic carboxylic acids is 1. The number of terminal acetylenes is 1. The van der Waals surface area contributed by atoms with Gasteiger partial charge >= 0.3 is 5.97 Å². The Morgan fingerprint density at radius 3 is 2.64 bits per heavy atom. The number of hydrogen-bond acceptors (Lipinski definition) is 2. The zero-order valence-electron chi connectivity index (χ0n) is 8.41. The van der Waals surface area contributed by atoms with Gasteiger partial charge in [-0.1, -0.05) is 0 Å². The van der Waals surface area contributed by atoms with Gasteiger partial charge < -0.3 is 10.0 Å². The highest BCUT2D eigenvalue weighted by Crippen LogP contribution is 2.16. The zero-order valence-corrected chi connectivity index (χ0v) is 8.41. The first-order valence-electron chi connectivity index (χ1n) is 5.12. The Kier molecular flexibility index (Phi) is 4.48. The Balaban J connectivity index is 2.10. The molecule has 1 saturated heterocycles. The van der Waals surface area contributed by atoms with Crippen LogP contribution >= 0.6 is 0 Å². The van der Waals surface area contributed by atoms with Crippen LogP contribution in [0.1, 0.15) is 25.7 Å². The standard InChI is InChI=1S/C11H17NO2/c1-2-10-5-8-12(9-6-10)7-3-4-11(13)14/h1,10H,3-9H2,(H,13,14). The summed E-state index contributed by atoms with van der Waals surface area (Å²) in [5.41, 5.74) is 0.